The molecule has 0 radical (unpaired) electrons. The van der Waals surface area contributed by atoms with E-state index < -0.39 is 0 Å². The summed E-state index contributed by atoms with van der Waals surface area (Å²) in [6.45, 7) is 4.20. The first-order chi connectivity index (χ1) is 9.65. The minimum absolute atomic E-state index is 0.483. The van der Waals surface area contributed by atoms with Crippen LogP contribution in [-0.2, 0) is 0 Å². The number of rotatable bonds is 2. The number of anilines is 2. The summed E-state index contributed by atoms with van der Waals surface area (Å²) in [7, 11) is 0. The third kappa shape index (κ3) is 2.30. The second-order valence-corrected chi connectivity index (χ2v) is 5.20. The molecule has 2 N–H and O–H groups in total. The summed E-state index contributed by atoms with van der Waals surface area (Å²) in [6.07, 6.45) is 0. The molecule has 0 unspecified atom stereocenters. The van der Waals surface area contributed by atoms with Crippen LogP contribution < -0.4 is 5.32 Å². The molecule has 0 saturated carbocycles. The van der Waals surface area contributed by atoms with Crippen LogP contribution in [0.2, 0.25) is 0 Å². The van der Waals surface area contributed by atoms with Crippen molar-refractivity contribution in [3.05, 3.63) is 58.4 Å². The van der Waals surface area contributed by atoms with Gasteiger partial charge >= 0.3 is 0 Å². The predicted octanol–water partition coefficient (Wildman–Crippen LogP) is 4.65. The first-order valence-electron chi connectivity index (χ1n) is 6.47. The van der Waals surface area contributed by atoms with Gasteiger partial charge in [0, 0.05) is 11.1 Å². The third-order valence-corrected chi connectivity index (χ3v) is 3.69. The van der Waals surface area contributed by atoms with Gasteiger partial charge in [-0.05, 0) is 55.4 Å². The Hall–Kier alpha value is -2.20. The fourth-order valence-electron chi connectivity index (χ4n) is 2.21. The van der Waals surface area contributed by atoms with Gasteiger partial charge in [0.05, 0.1) is 5.52 Å². The number of para-hydroxylation sites is 1. The molecule has 3 nitrogen and oxygen atoms in total. The van der Waals surface area contributed by atoms with Crippen molar-refractivity contribution in [2.45, 2.75) is 13.8 Å². The molecule has 3 aromatic rings. The molecule has 100 valence electrons. The molecule has 0 bridgehead atoms. The molecule has 20 heavy (non-hydrogen) atoms. The Morgan fingerprint density at radius 2 is 1.85 bits per heavy atom. The maximum absolute atomic E-state index is 5.20. The molecule has 0 amide bonds. The lowest BCUT2D eigenvalue weighted by Crippen LogP contribution is -1.99. The monoisotopic (exact) mass is 281 g/mol. The Kier molecular flexibility index (Phi) is 3.24. The molecular formula is C16H15N3S. The summed E-state index contributed by atoms with van der Waals surface area (Å²) >= 11 is 5.20. The van der Waals surface area contributed by atoms with Crippen LogP contribution in [0.3, 0.4) is 0 Å². The van der Waals surface area contributed by atoms with E-state index in [0.29, 0.717) is 4.77 Å². The number of hydrogen-bond acceptors (Lipinski definition) is 3. The number of nitrogens with one attached hydrogen (secondary N) is 2. The zero-order chi connectivity index (χ0) is 14.1. The Bertz CT molecular complexity index is 836. The topological polar surface area (TPSA) is 40.7 Å². The minimum atomic E-state index is 0.483. The van der Waals surface area contributed by atoms with E-state index in [0.717, 1.165) is 22.4 Å². The van der Waals surface area contributed by atoms with Gasteiger partial charge in [-0.15, -0.1) is 0 Å². The molecule has 1 heterocycles. The second kappa shape index (κ2) is 5.06. The Labute approximate surface area is 122 Å². The maximum atomic E-state index is 5.20. The summed E-state index contributed by atoms with van der Waals surface area (Å²) in [5.41, 5.74) is 4.51. The molecule has 4 heteroatoms. The zero-order valence-electron chi connectivity index (χ0n) is 11.4. The Morgan fingerprint density at radius 1 is 1.05 bits per heavy atom. The van der Waals surface area contributed by atoms with Crippen LogP contribution in [0.5, 0.6) is 0 Å². The normalized spacial score (nSPS) is 10.7. The first kappa shape index (κ1) is 12.8. The zero-order valence-corrected chi connectivity index (χ0v) is 12.2. The van der Waals surface area contributed by atoms with Gasteiger partial charge in [0.15, 0.2) is 4.77 Å². The minimum Gasteiger partial charge on any atom is -0.339 e. The standard InChI is InChI=1S/C16H15N3S/c1-10-6-5-9-13(11(10)2)17-15-12-7-3-4-8-14(12)18-16(20)19-15/h3-9H,1-2H3,(H2,17,18,19,20). The van der Waals surface area contributed by atoms with Crippen molar-refractivity contribution in [3.63, 3.8) is 0 Å². The molecule has 0 atom stereocenters. The molecule has 0 aliphatic carbocycles. The van der Waals surface area contributed by atoms with Gasteiger partial charge in [-0.1, -0.05) is 24.3 Å². The highest BCUT2D eigenvalue weighted by Crippen LogP contribution is 2.26. The lowest BCUT2D eigenvalue weighted by atomic mass is 10.1. The lowest BCUT2D eigenvalue weighted by molar-refractivity contribution is 1.18. The van der Waals surface area contributed by atoms with Crippen molar-refractivity contribution in [2.24, 2.45) is 0 Å². The van der Waals surface area contributed by atoms with E-state index in [2.05, 4.69) is 41.3 Å². The van der Waals surface area contributed by atoms with Gasteiger partial charge in [0.25, 0.3) is 0 Å². The maximum Gasteiger partial charge on any atom is 0.199 e. The van der Waals surface area contributed by atoms with E-state index in [1.54, 1.807) is 0 Å². The fourth-order valence-corrected chi connectivity index (χ4v) is 2.41. The number of hydrogen-bond donors (Lipinski definition) is 2. The number of aromatic nitrogens is 2. The SMILES string of the molecule is Cc1cccc(Nc2nc(=S)[nH]c3ccccc23)c1C. The first-order valence-corrected chi connectivity index (χ1v) is 6.88. The highest BCUT2D eigenvalue weighted by atomic mass is 32.1. The number of aryl methyl sites for hydroxylation is 1. The average Bonchev–Trinajstić information content (AvgIpc) is 2.43. The van der Waals surface area contributed by atoms with Gasteiger partial charge in [-0.3, -0.25) is 0 Å². The van der Waals surface area contributed by atoms with Gasteiger partial charge < -0.3 is 10.3 Å². The number of H-pyrrole nitrogens is 1. The number of aromatic amines is 1. The smallest absolute Gasteiger partial charge is 0.199 e. The van der Waals surface area contributed by atoms with E-state index in [9.17, 15) is 0 Å². The Balaban J connectivity index is 2.15. The van der Waals surface area contributed by atoms with Crippen molar-refractivity contribution in [1.82, 2.24) is 9.97 Å². The van der Waals surface area contributed by atoms with E-state index in [1.807, 2.05) is 30.3 Å². The summed E-state index contributed by atoms with van der Waals surface area (Å²) < 4.78 is 0.483. The van der Waals surface area contributed by atoms with E-state index in [4.69, 9.17) is 12.2 Å². The highest BCUT2D eigenvalue weighted by molar-refractivity contribution is 7.71. The molecule has 0 spiro atoms. The van der Waals surface area contributed by atoms with Crippen molar-refractivity contribution >= 4 is 34.6 Å². The van der Waals surface area contributed by atoms with Crippen molar-refractivity contribution in [2.75, 3.05) is 5.32 Å². The number of nitrogens with zero attached hydrogens (tertiary/aromatic N) is 1. The van der Waals surface area contributed by atoms with Gasteiger partial charge in [0.1, 0.15) is 5.82 Å². The molecule has 3 rings (SSSR count). The van der Waals surface area contributed by atoms with Crippen LogP contribution in [0, 0.1) is 18.6 Å². The van der Waals surface area contributed by atoms with E-state index in [1.165, 1.54) is 11.1 Å². The summed E-state index contributed by atoms with van der Waals surface area (Å²) in [5, 5.41) is 4.43. The molecule has 0 fully saturated rings. The highest BCUT2D eigenvalue weighted by Gasteiger charge is 2.06. The average molecular weight is 281 g/mol. The van der Waals surface area contributed by atoms with Gasteiger partial charge in [-0.25, -0.2) is 4.98 Å². The van der Waals surface area contributed by atoms with Gasteiger partial charge in [0.2, 0.25) is 0 Å². The summed E-state index contributed by atoms with van der Waals surface area (Å²) in [4.78, 5) is 7.52. The van der Waals surface area contributed by atoms with Crippen LogP contribution in [0.4, 0.5) is 11.5 Å². The summed E-state index contributed by atoms with van der Waals surface area (Å²) in [6, 6.07) is 14.2. The molecule has 0 aliphatic heterocycles. The predicted molar refractivity (Wildman–Crippen MR) is 86.1 cm³/mol. The van der Waals surface area contributed by atoms with Crippen LogP contribution >= 0.6 is 12.2 Å². The molecule has 1 aromatic heterocycles. The van der Waals surface area contributed by atoms with Crippen molar-refractivity contribution < 1.29 is 0 Å². The summed E-state index contributed by atoms with van der Waals surface area (Å²) in [5.74, 6) is 0.790. The van der Waals surface area contributed by atoms with E-state index >= 15 is 0 Å². The van der Waals surface area contributed by atoms with Crippen molar-refractivity contribution in [1.29, 1.82) is 0 Å². The lowest BCUT2D eigenvalue weighted by Gasteiger charge is -2.12. The van der Waals surface area contributed by atoms with Crippen LogP contribution in [-0.4, -0.2) is 9.97 Å². The largest absolute Gasteiger partial charge is 0.339 e. The number of fused-ring (bicyclic) bond motifs is 1. The van der Waals surface area contributed by atoms with E-state index in [-0.39, 0.29) is 0 Å². The van der Waals surface area contributed by atoms with Crippen LogP contribution in [0.1, 0.15) is 11.1 Å². The third-order valence-electron chi connectivity index (χ3n) is 3.49. The Morgan fingerprint density at radius 3 is 2.70 bits per heavy atom. The van der Waals surface area contributed by atoms with Crippen LogP contribution in [0.25, 0.3) is 10.9 Å². The quantitative estimate of drug-likeness (QED) is 0.672. The molecule has 0 saturated heterocycles. The molecular weight excluding hydrogens is 266 g/mol. The fraction of sp³-hybridized carbons (Fsp3) is 0.125. The molecule has 2 aromatic carbocycles. The number of benzene rings is 2. The molecule has 0 aliphatic rings. The second-order valence-electron chi connectivity index (χ2n) is 4.81. The van der Waals surface area contributed by atoms with Crippen molar-refractivity contribution in [3.8, 4) is 0 Å². The van der Waals surface area contributed by atoms with Gasteiger partial charge in [-0.2, -0.15) is 0 Å². The van der Waals surface area contributed by atoms with Crippen LogP contribution in [0.15, 0.2) is 42.5 Å².